The molecule has 104 valence electrons. The van der Waals surface area contributed by atoms with Gasteiger partial charge < -0.3 is 11.1 Å². The molecule has 0 radical (unpaired) electrons. The van der Waals surface area contributed by atoms with Gasteiger partial charge >= 0.3 is 6.03 Å². The average molecular weight is 311 g/mol. The third kappa shape index (κ3) is 3.76. The molecule has 1 aromatic carbocycles. The van der Waals surface area contributed by atoms with Crippen LogP contribution in [0.15, 0.2) is 30.5 Å². The first kappa shape index (κ1) is 14.4. The van der Waals surface area contributed by atoms with Crippen LogP contribution in [-0.2, 0) is 0 Å². The van der Waals surface area contributed by atoms with Gasteiger partial charge in [0.05, 0.1) is 11.9 Å². The molecule has 0 aliphatic heterocycles. The second-order valence-corrected chi connectivity index (χ2v) is 5.04. The average Bonchev–Trinajstić information content (AvgIpc) is 2.32. The number of hydrogen-bond acceptors (Lipinski definition) is 3. The van der Waals surface area contributed by atoms with Crippen molar-refractivity contribution < 1.29 is 4.79 Å². The molecule has 2 rings (SSSR count). The second kappa shape index (κ2) is 5.98. The van der Waals surface area contributed by atoms with Crippen LogP contribution < -0.4 is 16.4 Å². The van der Waals surface area contributed by atoms with E-state index in [0.29, 0.717) is 27.2 Å². The maximum Gasteiger partial charge on any atom is 0.324 e. The maximum absolute atomic E-state index is 11.8. The van der Waals surface area contributed by atoms with Gasteiger partial charge in [0.2, 0.25) is 0 Å². The number of rotatable bonds is 2. The van der Waals surface area contributed by atoms with Crippen LogP contribution in [0.4, 0.5) is 22.0 Å². The summed E-state index contributed by atoms with van der Waals surface area (Å²) in [6.45, 7) is 1.83. The van der Waals surface area contributed by atoms with Crippen molar-refractivity contribution in [3.05, 3.63) is 46.1 Å². The molecule has 0 saturated heterocycles. The van der Waals surface area contributed by atoms with Gasteiger partial charge in [-0.25, -0.2) is 9.78 Å². The standard InChI is InChI=1S/C13H12Cl2N4O/c1-7-2-12(17-6-11(7)16)19-13(20)18-10-4-8(14)3-9(15)5-10/h2-6H,16H2,1H3,(H2,17,18,19,20). The van der Waals surface area contributed by atoms with Crippen LogP contribution in [0.5, 0.6) is 0 Å². The first-order chi connectivity index (χ1) is 9.44. The predicted molar refractivity (Wildman–Crippen MR) is 82.5 cm³/mol. The van der Waals surface area contributed by atoms with Gasteiger partial charge in [-0.15, -0.1) is 0 Å². The summed E-state index contributed by atoms with van der Waals surface area (Å²) in [5.41, 5.74) is 7.55. The van der Waals surface area contributed by atoms with Crippen molar-refractivity contribution in [2.75, 3.05) is 16.4 Å². The van der Waals surface area contributed by atoms with Crippen LogP contribution in [0.1, 0.15) is 5.56 Å². The number of halogens is 2. The van der Waals surface area contributed by atoms with Gasteiger partial charge in [0, 0.05) is 15.7 Å². The van der Waals surface area contributed by atoms with Crippen molar-refractivity contribution in [1.82, 2.24) is 4.98 Å². The third-order valence-corrected chi connectivity index (χ3v) is 2.95. The normalized spacial score (nSPS) is 10.2. The molecule has 2 amide bonds. The highest BCUT2D eigenvalue weighted by molar-refractivity contribution is 6.35. The maximum atomic E-state index is 11.8. The number of nitrogens with one attached hydrogen (secondary N) is 2. The Kier molecular flexibility index (Phi) is 4.32. The molecule has 1 aromatic heterocycles. The summed E-state index contributed by atoms with van der Waals surface area (Å²) < 4.78 is 0. The van der Waals surface area contributed by atoms with Crippen LogP contribution in [0.2, 0.25) is 10.0 Å². The molecule has 0 unspecified atom stereocenters. The molecule has 0 fully saturated rings. The van der Waals surface area contributed by atoms with Crippen molar-refractivity contribution in [3.63, 3.8) is 0 Å². The van der Waals surface area contributed by atoms with E-state index in [0.717, 1.165) is 5.56 Å². The molecular formula is C13H12Cl2N4O. The predicted octanol–water partition coefficient (Wildman–Crippen LogP) is 3.92. The number of hydrogen-bond donors (Lipinski definition) is 3. The molecule has 0 aliphatic carbocycles. The molecule has 20 heavy (non-hydrogen) atoms. The van der Waals surface area contributed by atoms with E-state index in [1.807, 2.05) is 6.92 Å². The number of nitrogen functional groups attached to an aromatic ring is 1. The van der Waals surface area contributed by atoms with E-state index in [9.17, 15) is 4.79 Å². The molecule has 0 saturated carbocycles. The monoisotopic (exact) mass is 310 g/mol. The minimum absolute atomic E-state index is 0.405. The fourth-order valence-electron chi connectivity index (χ4n) is 1.54. The first-order valence-electron chi connectivity index (χ1n) is 5.70. The molecule has 7 heteroatoms. The minimum Gasteiger partial charge on any atom is -0.397 e. The lowest BCUT2D eigenvalue weighted by atomic mass is 10.2. The van der Waals surface area contributed by atoms with E-state index in [2.05, 4.69) is 15.6 Å². The Morgan fingerprint density at radius 3 is 2.40 bits per heavy atom. The van der Waals surface area contributed by atoms with Crippen LogP contribution >= 0.6 is 23.2 Å². The van der Waals surface area contributed by atoms with E-state index in [1.165, 1.54) is 6.20 Å². The van der Waals surface area contributed by atoms with E-state index in [4.69, 9.17) is 28.9 Å². The molecule has 0 aliphatic rings. The number of aromatic nitrogens is 1. The summed E-state index contributed by atoms with van der Waals surface area (Å²) in [4.78, 5) is 15.8. The lowest BCUT2D eigenvalue weighted by Gasteiger charge is -2.09. The largest absolute Gasteiger partial charge is 0.397 e. The number of nitrogens with zero attached hydrogens (tertiary/aromatic N) is 1. The number of benzene rings is 1. The summed E-state index contributed by atoms with van der Waals surface area (Å²) >= 11 is 11.7. The zero-order valence-corrected chi connectivity index (χ0v) is 12.1. The molecule has 0 spiro atoms. The fourth-order valence-corrected chi connectivity index (χ4v) is 2.07. The zero-order chi connectivity index (χ0) is 14.7. The van der Waals surface area contributed by atoms with E-state index in [1.54, 1.807) is 24.3 Å². The Labute approximate surface area is 126 Å². The highest BCUT2D eigenvalue weighted by Crippen LogP contribution is 2.22. The molecule has 1 heterocycles. The van der Waals surface area contributed by atoms with Gasteiger partial charge in [0.1, 0.15) is 5.82 Å². The molecule has 4 N–H and O–H groups in total. The van der Waals surface area contributed by atoms with Gasteiger partial charge in [0.15, 0.2) is 0 Å². The smallest absolute Gasteiger partial charge is 0.324 e. The Balaban J connectivity index is 2.06. The summed E-state index contributed by atoms with van der Waals surface area (Å²) in [5.74, 6) is 0.405. The van der Waals surface area contributed by atoms with E-state index >= 15 is 0 Å². The van der Waals surface area contributed by atoms with Crippen molar-refractivity contribution in [2.45, 2.75) is 6.92 Å². The minimum atomic E-state index is -0.444. The second-order valence-electron chi connectivity index (χ2n) is 4.16. The number of carbonyl (C=O) groups is 1. The lowest BCUT2D eigenvalue weighted by Crippen LogP contribution is -2.20. The summed E-state index contributed by atoms with van der Waals surface area (Å²) in [6, 6.07) is 6.00. The van der Waals surface area contributed by atoms with Crippen molar-refractivity contribution in [1.29, 1.82) is 0 Å². The Morgan fingerprint density at radius 2 is 1.80 bits per heavy atom. The van der Waals surface area contributed by atoms with Crippen LogP contribution in [0, 0.1) is 6.92 Å². The van der Waals surface area contributed by atoms with Crippen LogP contribution in [0.3, 0.4) is 0 Å². The quantitative estimate of drug-likeness (QED) is 0.786. The number of urea groups is 1. The van der Waals surface area contributed by atoms with Crippen LogP contribution in [-0.4, -0.2) is 11.0 Å². The van der Waals surface area contributed by atoms with Crippen molar-refractivity contribution in [3.8, 4) is 0 Å². The number of anilines is 3. The summed E-state index contributed by atoms with van der Waals surface area (Å²) in [7, 11) is 0. The molecule has 5 nitrogen and oxygen atoms in total. The van der Waals surface area contributed by atoms with Crippen LogP contribution in [0.25, 0.3) is 0 Å². The highest BCUT2D eigenvalue weighted by Gasteiger charge is 2.06. The topological polar surface area (TPSA) is 80.0 Å². The number of aryl methyl sites for hydroxylation is 1. The van der Waals surface area contributed by atoms with Gasteiger partial charge in [-0.3, -0.25) is 5.32 Å². The third-order valence-electron chi connectivity index (χ3n) is 2.51. The SMILES string of the molecule is Cc1cc(NC(=O)Nc2cc(Cl)cc(Cl)c2)ncc1N. The Bertz CT molecular complexity index is 641. The fraction of sp³-hybridized carbons (Fsp3) is 0.0769. The molecule has 2 aromatic rings. The van der Waals surface area contributed by atoms with Gasteiger partial charge in [-0.05, 0) is 36.8 Å². The van der Waals surface area contributed by atoms with E-state index in [-0.39, 0.29) is 0 Å². The number of carbonyl (C=O) groups excluding carboxylic acids is 1. The number of pyridine rings is 1. The van der Waals surface area contributed by atoms with Crippen molar-refractivity contribution >= 4 is 46.4 Å². The zero-order valence-electron chi connectivity index (χ0n) is 10.6. The Hall–Kier alpha value is -1.98. The Morgan fingerprint density at radius 1 is 1.15 bits per heavy atom. The van der Waals surface area contributed by atoms with Gasteiger partial charge in [0.25, 0.3) is 0 Å². The number of amides is 2. The van der Waals surface area contributed by atoms with Gasteiger partial charge in [-0.2, -0.15) is 0 Å². The first-order valence-corrected chi connectivity index (χ1v) is 6.46. The lowest BCUT2D eigenvalue weighted by molar-refractivity contribution is 0.262. The summed E-state index contributed by atoms with van der Waals surface area (Å²) in [5, 5.41) is 6.09. The van der Waals surface area contributed by atoms with E-state index < -0.39 is 6.03 Å². The highest BCUT2D eigenvalue weighted by atomic mass is 35.5. The molecule has 0 bridgehead atoms. The molecule has 0 atom stereocenters. The van der Waals surface area contributed by atoms with Gasteiger partial charge in [-0.1, -0.05) is 23.2 Å². The summed E-state index contributed by atoms with van der Waals surface area (Å²) in [6.07, 6.45) is 1.49. The van der Waals surface area contributed by atoms with Crippen molar-refractivity contribution in [2.24, 2.45) is 0 Å². The number of nitrogens with two attached hydrogens (primary N) is 1. The molecular weight excluding hydrogens is 299 g/mol.